The maximum absolute atomic E-state index is 4.62. The van der Waals surface area contributed by atoms with Gasteiger partial charge < -0.3 is 10.2 Å². The van der Waals surface area contributed by atoms with E-state index in [1.807, 2.05) is 47.3 Å². The molecule has 0 radical (unpaired) electrons. The summed E-state index contributed by atoms with van der Waals surface area (Å²) >= 11 is 1.62. The Bertz CT molecular complexity index is 988. The minimum absolute atomic E-state index is 0.714. The number of fused-ring (bicyclic) bond motifs is 1. The van der Waals surface area contributed by atoms with E-state index in [4.69, 9.17) is 0 Å². The Balaban J connectivity index is 1.60. The molecule has 0 unspecified atom stereocenters. The predicted octanol–water partition coefficient (Wildman–Crippen LogP) is 3.84. The van der Waals surface area contributed by atoms with Gasteiger partial charge in [0.2, 0.25) is 0 Å². The third kappa shape index (κ3) is 3.11. The van der Waals surface area contributed by atoms with Crippen molar-refractivity contribution < 1.29 is 0 Å². The van der Waals surface area contributed by atoms with Crippen molar-refractivity contribution in [2.24, 2.45) is 0 Å². The van der Waals surface area contributed by atoms with E-state index in [9.17, 15) is 0 Å². The number of pyridine rings is 1. The normalized spacial score (nSPS) is 11.0. The van der Waals surface area contributed by atoms with Crippen LogP contribution >= 0.6 is 11.3 Å². The first-order chi connectivity index (χ1) is 12.8. The second-order valence-corrected chi connectivity index (χ2v) is 6.51. The van der Waals surface area contributed by atoms with Crippen LogP contribution < -0.4 is 10.2 Å². The van der Waals surface area contributed by atoms with Gasteiger partial charge in [0.25, 0.3) is 0 Å². The molecule has 0 aromatic carbocycles. The molecule has 0 aliphatic heterocycles. The molecule has 8 heteroatoms. The molecule has 0 spiro atoms. The summed E-state index contributed by atoms with van der Waals surface area (Å²) in [4.78, 5) is 6.74. The van der Waals surface area contributed by atoms with E-state index in [-0.39, 0.29) is 0 Å². The minimum Gasteiger partial charge on any atom is -0.357 e. The van der Waals surface area contributed by atoms with E-state index in [2.05, 4.69) is 44.3 Å². The van der Waals surface area contributed by atoms with Crippen molar-refractivity contribution in [3.05, 3.63) is 47.3 Å². The fourth-order valence-corrected chi connectivity index (χ4v) is 3.40. The number of hydrogen-bond acceptors (Lipinski definition) is 7. The maximum atomic E-state index is 4.62. The monoisotopic (exact) mass is 365 g/mol. The van der Waals surface area contributed by atoms with Gasteiger partial charge in [0.1, 0.15) is 5.82 Å². The van der Waals surface area contributed by atoms with Crippen molar-refractivity contribution in [1.82, 2.24) is 24.8 Å². The van der Waals surface area contributed by atoms with Crippen LogP contribution in [0.5, 0.6) is 0 Å². The molecule has 4 aromatic rings. The fraction of sp³-hybridized carbons (Fsp3) is 0.222. The number of anilines is 3. The van der Waals surface area contributed by atoms with Gasteiger partial charge >= 0.3 is 0 Å². The maximum Gasteiger partial charge on any atom is 0.186 e. The van der Waals surface area contributed by atoms with Gasteiger partial charge in [-0.05, 0) is 49.6 Å². The first-order valence-corrected chi connectivity index (χ1v) is 9.46. The Hall–Kier alpha value is -3.00. The molecular weight excluding hydrogens is 346 g/mol. The summed E-state index contributed by atoms with van der Waals surface area (Å²) in [6, 6.07) is 9.83. The van der Waals surface area contributed by atoms with Crippen LogP contribution in [-0.2, 0) is 0 Å². The van der Waals surface area contributed by atoms with Crippen LogP contribution in [0.1, 0.15) is 13.8 Å². The number of rotatable bonds is 6. The van der Waals surface area contributed by atoms with E-state index in [0.717, 1.165) is 36.0 Å². The van der Waals surface area contributed by atoms with Crippen LogP contribution in [0.2, 0.25) is 0 Å². The molecule has 4 rings (SSSR count). The number of nitrogens with one attached hydrogen (secondary N) is 1. The number of aromatic nitrogens is 5. The van der Waals surface area contributed by atoms with Crippen LogP contribution in [-0.4, -0.2) is 37.9 Å². The van der Waals surface area contributed by atoms with Crippen molar-refractivity contribution in [2.45, 2.75) is 13.8 Å². The quantitative estimate of drug-likeness (QED) is 0.560. The van der Waals surface area contributed by atoms with Gasteiger partial charge in [0.05, 0.1) is 11.9 Å². The van der Waals surface area contributed by atoms with Crippen LogP contribution in [0.3, 0.4) is 0 Å². The molecule has 132 valence electrons. The topological polar surface area (TPSA) is 71.2 Å². The van der Waals surface area contributed by atoms with Crippen LogP contribution in [0.15, 0.2) is 47.3 Å². The Labute approximate surface area is 155 Å². The first kappa shape index (κ1) is 16.5. The van der Waals surface area contributed by atoms with Gasteiger partial charge in [-0.1, -0.05) is 0 Å². The average molecular weight is 365 g/mol. The molecule has 0 aliphatic carbocycles. The van der Waals surface area contributed by atoms with Gasteiger partial charge in [-0.25, -0.2) is 4.98 Å². The Kier molecular flexibility index (Phi) is 4.49. The summed E-state index contributed by atoms with van der Waals surface area (Å²) < 4.78 is 1.75. The lowest BCUT2D eigenvalue weighted by Gasteiger charge is -2.19. The van der Waals surface area contributed by atoms with Crippen LogP contribution in [0.4, 0.5) is 17.3 Å². The first-order valence-electron chi connectivity index (χ1n) is 8.51. The highest BCUT2D eigenvalue weighted by Crippen LogP contribution is 2.22. The largest absolute Gasteiger partial charge is 0.357 e. The van der Waals surface area contributed by atoms with Crippen molar-refractivity contribution in [2.75, 3.05) is 23.3 Å². The Morgan fingerprint density at radius 1 is 1.08 bits per heavy atom. The SMILES string of the molecule is CCN(CC)c1ccc(Nc2ccc3nnc(-c4ccsc4)n3n2)cn1. The summed E-state index contributed by atoms with van der Waals surface area (Å²) in [6.07, 6.45) is 1.82. The van der Waals surface area contributed by atoms with Crippen molar-refractivity contribution in [1.29, 1.82) is 0 Å². The van der Waals surface area contributed by atoms with E-state index in [1.165, 1.54) is 0 Å². The van der Waals surface area contributed by atoms with Crippen LogP contribution in [0.25, 0.3) is 17.0 Å². The lowest BCUT2D eigenvalue weighted by Crippen LogP contribution is -2.22. The predicted molar refractivity (Wildman–Crippen MR) is 105 cm³/mol. The van der Waals surface area contributed by atoms with Gasteiger partial charge in [-0.2, -0.15) is 15.9 Å². The molecule has 0 aliphatic rings. The Morgan fingerprint density at radius 2 is 1.96 bits per heavy atom. The van der Waals surface area contributed by atoms with Crippen molar-refractivity contribution >= 4 is 34.3 Å². The molecule has 0 saturated carbocycles. The van der Waals surface area contributed by atoms with E-state index in [0.29, 0.717) is 11.5 Å². The molecule has 0 bridgehead atoms. The molecular formula is C18H19N7S. The third-order valence-corrected chi connectivity index (χ3v) is 4.83. The molecule has 0 saturated heterocycles. The second-order valence-electron chi connectivity index (χ2n) is 5.73. The highest BCUT2D eigenvalue weighted by Gasteiger charge is 2.10. The zero-order valence-electron chi connectivity index (χ0n) is 14.6. The standard InChI is InChI=1S/C18H19N7S/c1-3-24(4-2)16-7-5-14(11-19-16)20-15-6-8-17-21-22-18(25(17)23-15)13-9-10-26-12-13/h5-12H,3-4H2,1-2H3,(H,20,23). The van der Waals surface area contributed by atoms with Crippen molar-refractivity contribution in [3.63, 3.8) is 0 Å². The van der Waals surface area contributed by atoms with Crippen LogP contribution in [0, 0.1) is 0 Å². The van der Waals surface area contributed by atoms with Gasteiger partial charge in [0.15, 0.2) is 17.3 Å². The van der Waals surface area contributed by atoms with E-state index >= 15 is 0 Å². The highest BCUT2D eigenvalue weighted by molar-refractivity contribution is 7.08. The van der Waals surface area contributed by atoms with E-state index in [1.54, 1.807) is 15.9 Å². The lowest BCUT2D eigenvalue weighted by molar-refractivity contribution is 0.846. The van der Waals surface area contributed by atoms with Gasteiger partial charge in [-0.15, -0.1) is 15.3 Å². The van der Waals surface area contributed by atoms with Crippen molar-refractivity contribution in [3.8, 4) is 11.4 Å². The summed E-state index contributed by atoms with van der Waals surface area (Å²) in [5, 5.41) is 20.4. The molecule has 0 fully saturated rings. The number of hydrogen-bond donors (Lipinski definition) is 1. The van der Waals surface area contributed by atoms with E-state index < -0.39 is 0 Å². The summed E-state index contributed by atoms with van der Waals surface area (Å²) in [7, 11) is 0. The molecule has 0 amide bonds. The number of thiophene rings is 1. The Morgan fingerprint density at radius 3 is 2.65 bits per heavy atom. The molecule has 4 heterocycles. The smallest absolute Gasteiger partial charge is 0.186 e. The molecule has 7 nitrogen and oxygen atoms in total. The molecule has 0 atom stereocenters. The zero-order chi connectivity index (χ0) is 17.9. The molecule has 26 heavy (non-hydrogen) atoms. The molecule has 1 N–H and O–H groups in total. The van der Waals surface area contributed by atoms with Gasteiger partial charge in [-0.3, -0.25) is 0 Å². The molecule has 4 aromatic heterocycles. The number of nitrogens with zero attached hydrogens (tertiary/aromatic N) is 6. The zero-order valence-corrected chi connectivity index (χ0v) is 15.4. The highest BCUT2D eigenvalue weighted by atomic mass is 32.1. The van der Waals surface area contributed by atoms with Gasteiger partial charge in [0, 0.05) is 24.0 Å². The summed E-state index contributed by atoms with van der Waals surface area (Å²) in [6.45, 7) is 6.13. The summed E-state index contributed by atoms with van der Waals surface area (Å²) in [5.74, 6) is 2.42. The second kappa shape index (κ2) is 7.09. The minimum atomic E-state index is 0.714. The lowest BCUT2D eigenvalue weighted by atomic mass is 10.3. The third-order valence-electron chi connectivity index (χ3n) is 4.15. The summed E-state index contributed by atoms with van der Waals surface area (Å²) in [5.41, 5.74) is 2.61. The average Bonchev–Trinajstić information content (AvgIpc) is 3.33. The fourth-order valence-electron chi connectivity index (χ4n) is 2.77.